The summed E-state index contributed by atoms with van der Waals surface area (Å²) in [6, 6.07) is 8.73. The summed E-state index contributed by atoms with van der Waals surface area (Å²) in [6.45, 7) is 8.79. The van der Waals surface area contributed by atoms with Crippen molar-refractivity contribution >= 4 is 0 Å². The van der Waals surface area contributed by atoms with E-state index in [-0.39, 0.29) is 5.41 Å². The molecule has 1 saturated heterocycles. The molecule has 0 saturated carbocycles. The minimum absolute atomic E-state index is 0.155. The van der Waals surface area contributed by atoms with E-state index in [9.17, 15) is 0 Å². The van der Waals surface area contributed by atoms with E-state index in [2.05, 4.69) is 54.6 Å². The third-order valence-electron chi connectivity index (χ3n) is 5.68. The summed E-state index contributed by atoms with van der Waals surface area (Å²) in [6.07, 6.45) is 9.58. The van der Waals surface area contributed by atoms with E-state index < -0.39 is 5.79 Å². The van der Waals surface area contributed by atoms with Crippen LogP contribution in [0.1, 0.15) is 44.2 Å². The Kier molecular flexibility index (Phi) is 5.60. The van der Waals surface area contributed by atoms with Gasteiger partial charge in [-0.3, -0.25) is 0 Å². The molecule has 1 aliphatic rings. The normalized spacial score (nSPS) is 19.0. The number of benzene rings is 1. The highest BCUT2D eigenvalue weighted by Gasteiger charge is 2.43. The molecule has 0 atom stereocenters. The molecule has 0 radical (unpaired) electrons. The predicted molar refractivity (Wildman–Crippen MR) is 99.4 cm³/mol. The van der Waals surface area contributed by atoms with Crippen molar-refractivity contribution in [2.75, 3.05) is 13.2 Å². The molecule has 2 aromatic rings. The molecule has 0 bridgehead atoms. The van der Waals surface area contributed by atoms with Crippen LogP contribution in [0.5, 0.6) is 0 Å². The molecule has 0 N–H and O–H groups in total. The molecule has 3 rings (SSSR count). The highest BCUT2D eigenvalue weighted by molar-refractivity contribution is 5.21. The lowest BCUT2D eigenvalue weighted by atomic mass is 9.83. The molecule has 1 aromatic carbocycles. The van der Waals surface area contributed by atoms with Crippen molar-refractivity contribution in [3.63, 3.8) is 0 Å². The van der Waals surface area contributed by atoms with Crippen LogP contribution in [0.2, 0.25) is 0 Å². The summed E-state index contributed by atoms with van der Waals surface area (Å²) in [5.74, 6) is -0.570. The van der Waals surface area contributed by atoms with E-state index in [0.717, 1.165) is 38.9 Å². The van der Waals surface area contributed by atoms with Crippen molar-refractivity contribution in [1.29, 1.82) is 0 Å². The molecule has 0 amide bonds. The first kappa shape index (κ1) is 18.2. The molecule has 25 heavy (non-hydrogen) atoms. The summed E-state index contributed by atoms with van der Waals surface area (Å²) in [5, 5.41) is 0. The van der Waals surface area contributed by atoms with Gasteiger partial charge >= 0.3 is 0 Å². The monoisotopic (exact) mass is 342 g/mol. The molecule has 0 unspecified atom stereocenters. The third-order valence-corrected chi connectivity index (χ3v) is 5.68. The fourth-order valence-electron chi connectivity index (χ4n) is 3.37. The first-order valence-electron chi connectivity index (χ1n) is 9.38. The van der Waals surface area contributed by atoms with Gasteiger partial charge in [0, 0.05) is 24.2 Å². The lowest BCUT2D eigenvalue weighted by molar-refractivity contribution is -0.313. The minimum Gasteiger partial charge on any atom is -0.347 e. The van der Waals surface area contributed by atoms with Gasteiger partial charge in [-0.2, -0.15) is 0 Å². The number of nitrogens with zero attached hydrogens (tertiary/aromatic N) is 2. The molecule has 4 heteroatoms. The van der Waals surface area contributed by atoms with Crippen molar-refractivity contribution < 1.29 is 9.47 Å². The minimum atomic E-state index is -0.570. The van der Waals surface area contributed by atoms with E-state index in [4.69, 9.17) is 9.47 Å². The summed E-state index contributed by atoms with van der Waals surface area (Å²) in [4.78, 5) is 4.16. The smallest absolute Gasteiger partial charge is 0.186 e. The van der Waals surface area contributed by atoms with Gasteiger partial charge in [0.2, 0.25) is 0 Å². The number of aryl methyl sites for hydroxylation is 2. The Balaban J connectivity index is 1.72. The second-order valence-corrected chi connectivity index (χ2v) is 7.42. The lowest BCUT2D eigenvalue weighted by Gasteiger charge is -2.46. The fourth-order valence-corrected chi connectivity index (χ4v) is 3.37. The summed E-state index contributed by atoms with van der Waals surface area (Å²) >= 11 is 0. The first-order chi connectivity index (χ1) is 12.1. The Morgan fingerprint density at radius 2 is 1.76 bits per heavy atom. The molecule has 136 valence electrons. The Morgan fingerprint density at radius 3 is 2.32 bits per heavy atom. The average molecular weight is 342 g/mol. The summed E-state index contributed by atoms with van der Waals surface area (Å²) in [7, 11) is 0. The zero-order valence-electron chi connectivity index (χ0n) is 15.7. The topological polar surface area (TPSA) is 36.3 Å². The van der Waals surface area contributed by atoms with Crippen LogP contribution < -0.4 is 0 Å². The Morgan fingerprint density at radius 1 is 1.08 bits per heavy atom. The summed E-state index contributed by atoms with van der Waals surface area (Å²) < 4.78 is 14.9. The lowest BCUT2D eigenvalue weighted by Crippen LogP contribution is -2.51. The maximum absolute atomic E-state index is 6.41. The fraction of sp³-hybridized carbons (Fsp3) is 0.571. The predicted octanol–water partition coefficient (Wildman–Crippen LogP) is 4.37. The SMILES string of the molecule is CCC1(CC)COC(CCc2ccc(C)cc2)(Cn2ccnc2)OC1. The average Bonchev–Trinajstić information content (AvgIpc) is 3.15. The second kappa shape index (κ2) is 7.71. The molecular weight excluding hydrogens is 312 g/mol. The van der Waals surface area contributed by atoms with E-state index in [1.807, 2.05) is 12.5 Å². The zero-order valence-corrected chi connectivity index (χ0v) is 15.7. The van der Waals surface area contributed by atoms with Crippen LogP contribution in [-0.4, -0.2) is 28.6 Å². The molecular formula is C21H30N2O2. The van der Waals surface area contributed by atoms with E-state index in [0.29, 0.717) is 6.54 Å². The van der Waals surface area contributed by atoms with Crippen LogP contribution in [0, 0.1) is 12.3 Å². The van der Waals surface area contributed by atoms with E-state index in [1.165, 1.54) is 11.1 Å². The molecule has 0 aliphatic carbocycles. The van der Waals surface area contributed by atoms with Crippen LogP contribution in [0.3, 0.4) is 0 Å². The van der Waals surface area contributed by atoms with Gasteiger partial charge in [-0.05, 0) is 31.7 Å². The van der Waals surface area contributed by atoms with Gasteiger partial charge in [0.1, 0.15) is 0 Å². The maximum Gasteiger partial charge on any atom is 0.186 e. The van der Waals surface area contributed by atoms with Crippen LogP contribution in [0.4, 0.5) is 0 Å². The molecule has 4 nitrogen and oxygen atoms in total. The Bertz CT molecular complexity index is 635. The van der Waals surface area contributed by atoms with Crippen molar-refractivity contribution in [3.8, 4) is 0 Å². The van der Waals surface area contributed by atoms with Crippen LogP contribution in [0.25, 0.3) is 0 Å². The highest BCUT2D eigenvalue weighted by atomic mass is 16.7. The van der Waals surface area contributed by atoms with Crippen molar-refractivity contribution in [1.82, 2.24) is 9.55 Å². The number of hydrogen-bond acceptors (Lipinski definition) is 3. The Hall–Kier alpha value is -1.65. The zero-order chi connectivity index (χ0) is 17.8. The van der Waals surface area contributed by atoms with Crippen molar-refractivity contribution in [2.24, 2.45) is 5.41 Å². The largest absolute Gasteiger partial charge is 0.347 e. The number of ether oxygens (including phenoxy) is 2. The number of aromatic nitrogens is 2. The number of imidazole rings is 1. The van der Waals surface area contributed by atoms with Gasteiger partial charge < -0.3 is 14.0 Å². The first-order valence-corrected chi connectivity index (χ1v) is 9.38. The third kappa shape index (κ3) is 4.31. The maximum atomic E-state index is 6.41. The number of hydrogen-bond donors (Lipinski definition) is 0. The standard InChI is InChI=1S/C21H30N2O2/c1-4-20(5-2)15-24-21(25-16-20,14-23-13-12-22-17-23)11-10-19-8-6-18(3)7-9-19/h6-9,12-13,17H,4-5,10-11,14-16H2,1-3H3. The quantitative estimate of drug-likeness (QED) is 0.749. The van der Waals surface area contributed by atoms with E-state index in [1.54, 1.807) is 6.20 Å². The molecule has 0 spiro atoms. The van der Waals surface area contributed by atoms with Crippen LogP contribution in [-0.2, 0) is 22.4 Å². The molecule has 1 fully saturated rings. The molecule has 1 aromatic heterocycles. The van der Waals surface area contributed by atoms with Gasteiger partial charge in [0.05, 0.1) is 26.1 Å². The summed E-state index contributed by atoms with van der Waals surface area (Å²) in [5.41, 5.74) is 2.77. The second-order valence-electron chi connectivity index (χ2n) is 7.42. The van der Waals surface area contributed by atoms with Gasteiger partial charge in [-0.25, -0.2) is 4.98 Å². The van der Waals surface area contributed by atoms with Crippen LogP contribution in [0.15, 0.2) is 43.0 Å². The van der Waals surface area contributed by atoms with Gasteiger partial charge in [-0.1, -0.05) is 43.7 Å². The van der Waals surface area contributed by atoms with Gasteiger partial charge in [0.25, 0.3) is 0 Å². The van der Waals surface area contributed by atoms with E-state index >= 15 is 0 Å². The molecule has 2 heterocycles. The van der Waals surface area contributed by atoms with Crippen LogP contribution >= 0.6 is 0 Å². The number of rotatable bonds is 7. The van der Waals surface area contributed by atoms with Gasteiger partial charge in [0.15, 0.2) is 5.79 Å². The highest BCUT2D eigenvalue weighted by Crippen LogP contribution is 2.38. The van der Waals surface area contributed by atoms with Crippen molar-refractivity contribution in [2.45, 2.75) is 58.8 Å². The van der Waals surface area contributed by atoms with Gasteiger partial charge in [-0.15, -0.1) is 0 Å². The Labute approximate surface area is 151 Å². The van der Waals surface area contributed by atoms with Crippen molar-refractivity contribution in [3.05, 3.63) is 54.1 Å². The molecule has 1 aliphatic heterocycles.